The van der Waals surface area contributed by atoms with Gasteiger partial charge in [-0.05, 0) is 18.2 Å². The molecule has 24 heavy (non-hydrogen) atoms. The molecule has 0 radical (unpaired) electrons. The molecular formula is C14H11Cl3N4OS2. The van der Waals surface area contributed by atoms with Crippen LogP contribution >= 0.6 is 57.5 Å². The van der Waals surface area contributed by atoms with Crippen LogP contribution in [0.25, 0.3) is 9.53 Å². The topological polar surface area (TPSA) is 57.3 Å². The zero-order chi connectivity index (χ0) is 17.4. The molecule has 0 bridgehead atoms. The van der Waals surface area contributed by atoms with Crippen molar-refractivity contribution in [2.45, 2.75) is 0 Å². The van der Waals surface area contributed by atoms with Crippen LogP contribution in [0, 0.1) is 0 Å². The Morgan fingerprint density at radius 3 is 2.38 bits per heavy atom. The van der Waals surface area contributed by atoms with Crippen LogP contribution < -0.4 is 15.8 Å². The number of thiophene rings is 1. The number of hydrazine groups is 1. The number of anilines is 2. The van der Waals surface area contributed by atoms with E-state index in [4.69, 9.17) is 34.8 Å². The zero-order valence-corrected chi connectivity index (χ0v) is 16.4. The molecule has 0 aliphatic carbocycles. The maximum atomic E-state index is 12.3. The first-order valence-corrected chi connectivity index (χ1v) is 9.40. The smallest absolute Gasteiger partial charge is 0.279 e. The van der Waals surface area contributed by atoms with Crippen LogP contribution in [0.1, 0.15) is 9.67 Å². The molecule has 10 heteroatoms. The van der Waals surface area contributed by atoms with Gasteiger partial charge in [-0.2, -0.15) is 0 Å². The summed E-state index contributed by atoms with van der Waals surface area (Å²) in [4.78, 5) is 20.1. The molecule has 126 valence electrons. The van der Waals surface area contributed by atoms with Crippen molar-refractivity contribution in [1.82, 2.24) is 10.4 Å². The summed E-state index contributed by atoms with van der Waals surface area (Å²) in [5.74, 6) is -0.293. The number of rotatable bonds is 4. The molecule has 2 aromatic heterocycles. The molecule has 3 rings (SSSR count). The Balaban J connectivity index is 1.74. The van der Waals surface area contributed by atoms with Crippen molar-refractivity contribution in [1.29, 1.82) is 0 Å². The average Bonchev–Trinajstić information content (AvgIpc) is 3.04. The molecule has 0 spiro atoms. The van der Waals surface area contributed by atoms with Crippen molar-refractivity contribution in [3.63, 3.8) is 0 Å². The molecule has 0 aliphatic heterocycles. The molecule has 2 heterocycles. The van der Waals surface area contributed by atoms with Crippen molar-refractivity contribution in [2.75, 3.05) is 24.4 Å². The number of nitrogens with one attached hydrogen (secondary N) is 2. The van der Waals surface area contributed by atoms with Gasteiger partial charge in [0, 0.05) is 19.1 Å². The van der Waals surface area contributed by atoms with Gasteiger partial charge in [0.25, 0.3) is 5.91 Å². The zero-order valence-electron chi connectivity index (χ0n) is 12.5. The van der Waals surface area contributed by atoms with Gasteiger partial charge in [-0.25, -0.2) is 4.98 Å². The van der Waals surface area contributed by atoms with Gasteiger partial charge in [0.1, 0.15) is 4.83 Å². The first kappa shape index (κ1) is 17.6. The molecule has 1 aromatic carbocycles. The third-order valence-electron chi connectivity index (χ3n) is 2.99. The van der Waals surface area contributed by atoms with Crippen molar-refractivity contribution in [3.8, 4) is 0 Å². The standard InChI is InChI=1S/C14H11Cl3N4OS2/c1-21(2)14-18-13-10(24-14)5-9(23-13)12(22)20-19-11-7(16)3-6(15)4-8(11)17/h3-5,19H,1-2H3,(H,20,22). The summed E-state index contributed by atoms with van der Waals surface area (Å²) in [6, 6.07) is 4.89. The van der Waals surface area contributed by atoms with E-state index in [2.05, 4.69) is 15.8 Å². The van der Waals surface area contributed by atoms with Gasteiger partial charge in [-0.1, -0.05) is 46.1 Å². The number of thiazole rings is 1. The van der Waals surface area contributed by atoms with Gasteiger partial charge in [0.05, 0.1) is 25.3 Å². The Morgan fingerprint density at radius 2 is 1.79 bits per heavy atom. The summed E-state index contributed by atoms with van der Waals surface area (Å²) in [6.45, 7) is 0. The number of carbonyl (C=O) groups is 1. The molecular weight excluding hydrogens is 411 g/mol. The number of amides is 1. The van der Waals surface area contributed by atoms with E-state index in [0.717, 1.165) is 14.7 Å². The predicted octanol–water partition coefficient (Wildman–Crippen LogP) is 5.14. The van der Waals surface area contributed by atoms with E-state index < -0.39 is 0 Å². The molecule has 0 atom stereocenters. The number of aromatic nitrogens is 1. The number of nitrogens with zero attached hydrogens (tertiary/aromatic N) is 2. The monoisotopic (exact) mass is 420 g/mol. The number of halogens is 3. The highest BCUT2D eigenvalue weighted by atomic mass is 35.5. The van der Waals surface area contributed by atoms with Crippen LogP contribution in [0.5, 0.6) is 0 Å². The Hall–Kier alpha value is -1.25. The largest absolute Gasteiger partial charge is 0.354 e. The van der Waals surface area contributed by atoms with Gasteiger partial charge in [-0.3, -0.25) is 15.6 Å². The Labute approximate surface area is 161 Å². The molecule has 0 fully saturated rings. The molecule has 0 saturated heterocycles. The molecule has 0 saturated carbocycles. The highest BCUT2D eigenvalue weighted by molar-refractivity contribution is 7.29. The average molecular weight is 422 g/mol. The minimum absolute atomic E-state index is 0.293. The van der Waals surface area contributed by atoms with Gasteiger partial charge in [0.2, 0.25) is 0 Å². The second-order valence-corrected chi connectivity index (χ2v) is 8.29. The first-order valence-electron chi connectivity index (χ1n) is 6.63. The summed E-state index contributed by atoms with van der Waals surface area (Å²) < 4.78 is 0.969. The molecule has 2 N–H and O–H groups in total. The Morgan fingerprint density at radius 1 is 1.12 bits per heavy atom. The number of carbonyl (C=O) groups excluding carboxylic acids is 1. The lowest BCUT2D eigenvalue weighted by Gasteiger charge is -2.11. The lowest BCUT2D eigenvalue weighted by Crippen LogP contribution is -2.28. The predicted molar refractivity (Wildman–Crippen MR) is 104 cm³/mol. The number of benzene rings is 1. The number of fused-ring (bicyclic) bond motifs is 1. The van der Waals surface area contributed by atoms with Gasteiger partial charge >= 0.3 is 0 Å². The molecule has 3 aromatic rings. The second-order valence-electron chi connectivity index (χ2n) is 4.99. The highest BCUT2D eigenvalue weighted by Crippen LogP contribution is 2.35. The Kier molecular flexibility index (Phi) is 5.08. The summed E-state index contributed by atoms with van der Waals surface area (Å²) in [7, 11) is 3.86. The van der Waals surface area contributed by atoms with E-state index >= 15 is 0 Å². The SMILES string of the molecule is CN(C)c1nc2sc(C(=O)NNc3c(Cl)cc(Cl)cc3Cl)cc2s1. The number of hydrogen-bond donors (Lipinski definition) is 2. The van der Waals surface area contributed by atoms with E-state index in [0.29, 0.717) is 25.6 Å². The quantitative estimate of drug-likeness (QED) is 0.573. The van der Waals surface area contributed by atoms with Crippen LogP contribution in [0.2, 0.25) is 15.1 Å². The van der Waals surface area contributed by atoms with Crippen LogP contribution in [0.4, 0.5) is 10.8 Å². The van der Waals surface area contributed by atoms with Crippen LogP contribution in [0.15, 0.2) is 18.2 Å². The van der Waals surface area contributed by atoms with Crippen LogP contribution in [-0.4, -0.2) is 25.0 Å². The maximum Gasteiger partial charge on any atom is 0.279 e. The summed E-state index contributed by atoms with van der Waals surface area (Å²) in [5.41, 5.74) is 5.70. The van der Waals surface area contributed by atoms with Crippen LogP contribution in [0.3, 0.4) is 0 Å². The summed E-state index contributed by atoms with van der Waals surface area (Å²) in [5, 5.41) is 1.96. The fraction of sp³-hybridized carbons (Fsp3) is 0.143. The highest BCUT2D eigenvalue weighted by Gasteiger charge is 2.15. The molecule has 0 unspecified atom stereocenters. The van der Waals surface area contributed by atoms with Gasteiger partial charge < -0.3 is 4.90 Å². The molecule has 0 aliphatic rings. The fourth-order valence-electron chi connectivity index (χ4n) is 1.87. The Bertz CT molecular complexity index is 868. The summed E-state index contributed by atoms with van der Waals surface area (Å²) in [6.07, 6.45) is 0. The van der Waals surface area contributed by atoms with Crippen molar-refractivity contribution in [3.05, 3.63) is 38.1 Å². The number of hydrogen-bond acceptors (Lipinski definition) is 6. The van der Waals surface area contributed by atoms with Gasteiger partial charge in [0.15, 0.2) is 5.13 Å². The summed E-state index contributed by atoms with van der Waals surface area (Å²) >= 11 is 20.8. The van der Waals surface area contributed by atoms with Crippen molar-refractivity contribution >= 4 is 83.7 Å². The van der Waals surface area contributed by atoms with Gasteiger partial charge in [-0.15, -0.1) is 11.3 Å². The van der Waals surface area contributed by atoms with E-state index in [9.17, 15) is 4.79 Å². The normalized spacial score (nSPS) is 10.9. The van der Waals surface area contributed by atoms with E-state index in [1.54, 1.807) is 0 Å². The van der Waals surface area contributed by atoms with Crippen LogP contribution in [-0.2, 0) is 0 Å². The lowest BCUT2D eigenvalue weighted by atomic mass is 10.3. The van der Waals surface area contributed by atoms with E-state index in [1.807, 2.05) is 25.1 Å². The third-order valence-corrected chi connectivity index (χ3v) is 6.13. The second kappa shape index (κ2) is 6.93. The minimum Gasteiger partial charge on any atom is -0.354 e. The first-order chi connectivity index (χ1) is 11.3. The minimum atomic E-state index is -0.293. The fourth-order valence-corrected chi connectivity index (χ4v) is 4.81. The maximum absolute atomic E-state index is 12.3. The lowest BCUT2D eigenvalue weighted by molar-refractivity contribution is 0.0967. The molecule has 5 nitrogen and oxygen atoms in total. The van der Waals surface area contributed by atoms with E-state index in [-0.39, 0.29) is 5.91 Å². The molecule has 1 amide bonds. The van der Waals surface area contributed by atoms with E-state index in [1.165, 1.54) is 34.8 Å². The van der Waals surface area contributed by atoms with Crippen molar-refractivity contribution < 1.29 is 4.79 Å². The van der Waals surface area contributed by atoms with Crippen molar-refractivity contribution in [2.24, 2.45) is 0 Å². The third kappa shape index (κ3) is 3.55.